The van der Waals surface area contributed by atoms with Crippen LogP contribution in [0.5, 0.6) is 0 Å². The molecule has 5 aliphatic carbocycles. The molecule has 0 radical (unpaired) electrons. The Morgan fingerprint density at radius 1 is 0.600 bits per heavy atom. The molecule has 1 aliphatic heterocycles. The van der Waals surface area contributed by atoms with Crippen molar-refractivity contribution in [1.82, 2.24) is 0 Å². The molecular formula is C20H30O5. The molecule has 6 rings (SSSR count). The summed E-state index contributed by atoms with van der Waals surface area (Å²) in [5.74, 6) is 3.45. The summed E-state index contributed by atoms with van der Waals surface area (Å²) in [5, 5.41) is 42.1. The molecule has 0 spiro atoms. The van der Waals surface area contributed by atoms with Crippen molar-refractivity contribution in [3.05, 3.63) is 0 Å². The van der Waals surface area contributed by atoms with Crippen LogP contribution in [-0.2, 0) is 4.74 Å². The normalized spacial score (nSPS) is 67.7. The van der Waals surface area contributed by atoms with Crippen LogP contribution in [0.15, 0.2) is 0 Å². The molecule has 140 valence electrons. The Bertz CT molecular complexity index is 566. The Balaban J connectivity index is 1.43. The minimum atomic E-state index is -1.27. The number of ether oxygens (including phenoxy) is 1. The first kappa shape index (κ1) is 15.8. The zero-order chi connectivity index (χ0) is 17.0. The predicted octanol–water partition coefficient (Wildman–Crippen LogP) is 0.536. The van der Waals surface area contributed by atoms with Gasteiger partial charge in [0, 0.05) is 11.8 Å². The molecule has 5 nitrogen and oxygen atoms in total. The standard InChI is InChI=1S/C20H30O5/c21-16-13-9-5-4-7-2-1-3-8-6-10-14(12(9)11(7)8)20(25-10)15(13)17(22)19(24)18(16)23/h7-24H,1-6H2. The highest BCUT2D eigenvalue weighted by molar-refractivity contribution is 5.18. The van der Waals surface area contributed by atoms with Crippen LogP contribution in [-0.4, -0.2) is 57.0 Å². The Hall–Kier alpha value is -0.200. The minimum Gasteiger partial charge on any atom is -0.390 e. The second-order valence-corrected chi connectivity index (χ2v) is 9.92. The summed E-state index contributed by atoms with van der Waals surface area (Å²) in [6.07, 6.45) is 3.37. The van der Waals surface area contributed by atoms with E-state index >= 15 is 0 Å². The van der Waals surface area contributed by atoms with Crippen molar-refractivity contribution >= 4 is 0 Å². The van der Waals surface area contributed by atoms with Gasteiger partial charge in [0.15, 0.2) is 0 Å². The third-order valence-corrected chi connectivity index (χ3v) is 9.32. The lowest BCUT2D eigenvalue weighted by molar-refractivity contribution is -0.350. The molecule has 25 heavy (non-hydrogen) atoms. The smallest absolute Gasteiger partial charge is 0.109 e. The highest BCUT2D eigenvalue weighted by Gasteiger charge is 2.70. The molecule has 0 aromatic carbocycles. The first-order valence-corrected chi connectivity index (χ1v) is 10.5. The molecule has 6 aliphatic rings. The van der Waals surface area contributed by atoms with E-state index in [-0.39, 0.29) is 17.9 Å². The molecular weight excluding hydrogens is 320 g/mol. The van der Waals surface area contributed by atoms with Gasteiger partial charge in [-0.3, -0.25) is 0 Å². The molecule has 1 saturated heterocycles. The summed E-state index contributed by atoms with van der Waals surface area (Å²) in [4.78, 5) is 0. The van der Waals surface area contributed by atoms with Crippen molar-refractivity contribution in [3.63, 3.8) is 0 Å². The van der Waals surface area contributed by atoms with Crippen molar-refractivity contribution < 1.29 is 25.2 Å². The average Bonchev–Trinajstić information content (AvgIpc) is 2.60. The Kier molecular flexibility index (Phi) is 3.29. The molecule has 14 unspecified atom stereocenters. The van der Waals surface area contributed by atoms with E-state index in [0.717, 1.165) is 24.2 Å². The van der Waals surface area contributed by atoms with Crippen LogP contribution in [0, 0.1) is 47.3 Å². The number of hydrogen-bond donors (Lipinski definition) is 4. The Morgan fingerprint density at radius 3 is 2.12 bits per heavy atom. The maximum Gasteiger partial charge on any atom is 0.109 e. The van der Waals surface area contributed by atoms with Gasteiger partial charge in [-0.1, -0.05) is 19.3 Å². The van der Waals surface area contributed by atoms with Crippen molar-refractivity contribution in [2.75, 3.05) is 0 Å². The zero-order valence-corrected chi connectivity index (χ0v) is 14.5. The van der Waals surface area contributed by atoms with Gasteiger partial charge in [0.2, 0.25) is 0 Å². The van der Waals surface area contributed by atoms with Crippen LogP contribution in [0.2, 0.25) is 0 Å². The second kappa shape index (κ2) is 5.20. The molecule has 0 amide bonds. The molecule has 0 bridgehead atoms. The van der Waals surface area contributed by atoms with Gasteiger partial charge in [-0.2, -0.15) is 0 Å². The van der Waals surface area contributed by atoms with E-state index < -0.39 is 24.4 Å². The van der Waals surface area contributed by atoms with Gasteiger partial charge in [-0.05, 0) is 54.8 Å². The largest absolute Gasteiger partial charge is 0.390 e. The number of aliphatic hydroxyl groups is 4. The molecule has 4 N–H and O–H groups in total. The summed E-state index contributed by atoms with van der Waals surface area (Å²) in [6, 6.07) is 0. The van der Waals surface area contributed by atoms with Crippen LogP contribution in [0.4, 0.5) is 0 Å². The van der Waals surface area contributed by atoms with E-state index in [1.165, 1.54) is 32.1 Å². The maximum absolute atomic E-state index is 10.8. The van der Waals surface area contributed by atoms with E-state index in [0.29, 0.717) is 23.9 Å². The third kappa shape index (κ3) is 1.82. The van der Waals surface area contributed by atoms with Crippen LogP contribution in [0.1, 0.15) is 38.5 Å². The first-order chi connectivity index (χ1) is 12.1. The molecule has 14 atom stereocenters. The lowest BCUT2D eigenvalue weighted by atomic mass is 9.40. The molecule has 1 heterocycles. The Labute approximate surface area is 148 Å². The number of aliphatic hydroxyl groups excluding tert-OH is 4. The van der Waals surface area contributed by atoms with Crippen LogP contribution >= 0.6 is 0 Å². The van der Waals surface area contributed by atoms with E-state index in [9.17, 15) is 20.4 Å². The van der Waals surface area contributed by atoms with Crippen LogP contribution < -0.4 is 0 Å². The quantitative estimate of drug-likeness (QED) is 0.512. The SMILES string of the molecule is OC1C(O)C(O)C2C3OC4CC5CCCC6CCC(C2C1O)C(C65)C43. The van der Waals surface area contributed by atoms with Crippen LogP contribution in [0.25, 0.3) is 0 Å². The van der Waals surface area contributed by atoms with Crippen LogP contribution in [0.3, 0.4) is 0 Å². The van der Waals surface area contributed by atoms with Gasteiger partial charge in [0.25, 0.3) is 0 Å². The first-order valence-electron chi connectivity index (χ1n) is 10.5. The topological polar surface area (TPSA) is 90.2 Å². The van der Waals surface area contributed by atoms with E-state index in [1.807, 2.05) is 0 Å². The molecule has 0 aromatic rings. The van der Waals surface area contributed by atoms with Gasteiger partial charge < -0.3 is 25.2 Å². The van der Waals surface area contributed by atoms with Gasteiger partial charge in [-0.25, -0.2) is 0 Å². The van der Waals surface area contributed by atoms with Crippen molar-refractivity contribution in [2.24, 2.45) is 47.3 Å². The maximum atomic E-state index is 10.8. The second-order valence-electron chi connectivity index (χ2n) is 9.92. The Morgan fingerprint density at radius 2 is 1.32 bits per heavy atom. The summed E-state index contributed by atoms with van der Waals surface area (Å²) in [7, 11) is 0. The molecule has 6 fully saturated rings. The van der Waals surface area contributed by atoms with Crippen molar-refractivity contribution in [1.29, 1.82) is 0 Å². The number of hydrogen-bond acceptors (Lipinski definition) is 5. The van der Waals surface area contributed by atoms with Gasteiger partial charge in [0.05, 0.1) is 24.4 Å². The monoisotopic (exact) mass is 350 g/mol. The highest BCUT2D eigenvalue weighted by atomic mass is 16.5. The molecule has 5 saturated carbocycles. The summed E-state index contributed by atoms with van der Waals surface area (Å²) in [6.45, 7) is 0. The number of rotatable bonds is 0. The van der Waals surface area contributed by atoms with Gasteiger partial charge in [-0.15, -0.1) is 0 Å². The third-order valence-electron chi connectivity index (χ3n) is 9.32. The minimum absolute atomic E-state index is 0.0373. The molecule has 5 heteroatoms. The fourth-order valence-corrected chi connectivity index (χ4v) is 8.63. The highest BCUT2D eigenvalue weighted by Crippen LogP contribution is 2.67. The van der Waals surface area contributed by atoms with E-state index in [4.69, 9.17) is 4.74 Å². The fraction of sp³-hybridized carbons (Fsp3) is 1.00. The lowest BCUT2D eigenvalue weighted by Crippen LogP contribution is -2.76. The van der Waals surface area contributed by atoms with Gasteiger partial charge >= 0.3 is 0 Å². The van der Waals surface area contributed by atoms with Crippen molar-refractivity contribution in [2.45, 2.75) is 75.1 Å². The van der Waals surface area contributed by atoms with Gasteiger partial charge in [0.1, 0.15) is 12.2 Å². The van der Waals surface area contributed by atoms with E-state index in [2.05, 4.69) is 0 Å². The summed E-state index contributed by atoms with van der Waals surface area (Å²) < 4.78 is 6.28. The summed E-state index contributed by atoms with van der Waals surface area (Å²) >= 11 is 0. The number of fused-ring (bicyclic) bond motifs is 3. The average molecular weight is 350 g/mol. The fourth-order valence-electron chi connectivity index (χ4n) is 8.63. The molecule has 0 aromatic heterocycles. The predicted molar refractivity (Wildman–Crippen MR) is 88.3 cm³/mol. The zero-order valence-electron chi connectivity index (χ0n) is 14.5. The summed E-state index contributed by atoms with van der Waals surface area (Å²) in [5.41, 5.74) is 0. The van der Waals surface area contributed by atoms with Crippen molar-refractivity contribution in [3.8, 4) is 0 Å². The lowest BCUT2D eigenvalue weighted by Gasteiger charge is -2.71. The van der Waals surface area contributed by atoms with E-state index in [1.54, 1.807) is 0 Å².